The van der Waals surface area contributed by atoms with Crippen molar-refractivity contribution >= 4 is 0 Å². The van der Waals surface area contributed by atoms with Crippen LogP contribution in [0.4, 0.5) is 0 Å². The minimum atomic E-state index is 0.365. The van der Waals surface area contributed by atoms with Gasteiger partial charge in [-0.05, 0) is 33.1 Å². The first-order valence-corrected chi connectivity index (χ1v) is 6.75. The highest BCUT2D eigenvalue weighted by Crippen LogP contribution is 2.35. The van der Waals surface area contributed by atoms with E-state index in [-0.39, 0.29) is 0 Å². The van der Waals surface area contributed by atoms with E-state index >= 15 is 0 Å². The Labute approximate surface area is 99.2 Å². The Morgan fingerprint density at radius 2 is 1.88 bits per heavy atom. The molecule has 0 aromatic carbocycles. The highest BCUT2D eigenvalue weighted by atomic mass is 15.4. The van der Waals surface area contributed by atoms with Crippen LogP contribution in [0.2, 0.25) is 0 Å². The quantitative estimate of drug-likeness (QED) is 0.746. The van der Waals surface area contributed by atoms with Crippen molar-refractivity contribution in [3.63, 3.8) is 0 Å². The summed E-state index contributed by atoms with van der Waals surface area (Å²) in [6, 6.07) is 1.68. The maximum atomic E-state index is 3.38. The van der Waals surface area contributed by atoms with Gasteiger partial charge in [-0.1, -0.05) is 0 Å². The van der Waals surface area contributed by atoms with Crippen LogP contribution in [-0.2, 0) is 0 Å². The molecule has 16 heavy (non-hydrogen) atoms. The lowest BCUT2D eigenvalue weighted by Crippen LogP contribution is -2.56. The van der Waals surface area contributed by atoms with Crippen LogP contribution in [0.5, 0.6) is 0 Å². The molecule has 3 nitrogen and oxygen atoms in total. The van der Waals surface area contributed by atoms with Gasteiger partial charge < -0.3 is 5.32 Å². The minimum absolute atomic E-state index is 0.365. The van der Waals surface area contributed by atoms with Gasteiger partial charge in [0.2, 0.25) is 0 Å². The molecular weight excluding hydrogens is 198 g/mol. The lowest BCUT2D eigenvalue weighted by molar-refractivity contribution is 0.0469. The van der Waals surface area contributed by atoms with E-state index in [1.54, 1.807) is 0 Å². The largest absolute Gasteiger partial charge is 0.316 e. The van der Waals surface area contributed by atoms with Crippen molar-refractivity contribution in [3.05, 3.63) is 0 Å². The summed E-state index contributed by atoms with van der Waals surface area (Å²) < 4.78 is 0. The molecule has 3 aliphatic heterocycles. The van der Waals surface area contributed by atoms with Crippen molar-refractivity contribution in [2.24, 2.45) is 5.92 Å². The topological polar surface area (TPSA) is 18.5 Å². The summed E-state index contributed by atoms with van der Waals surface area (Å²) in [4.78, 5) is 5.46. The van der Waals surface area contributed by atoms with Crippen molar-refractivity contribution in [1.82, 2.24) is 15.1 Å². The van der Waals surface area contributed by atoms with Crippen LogP contribution in [0.3, 0.4) is 0 Å². The van der Waals surface area contributed by atoms with Gasteiger partial charge in [0.15, 0.2) is 0 Å². The Morgan fingerprint density at radius 3 is 2.31 bits per heavy atom. The van der Waals surface area contributed by atoms with Crippen LogP contribution in [0.15, 0.2) is 0 Å². The van der Waals surface area contributed by atoms with Crippen molar-refractivity contribution in [2.75, 3.05) is 32.7 Å². The number of hydrogen-bond acceptors (Lipinski definition) is 3. The van der Waals surface area contributed by atoms with Gasteiger partial charge in [-0.2, -0.15) is 0 Å². The van der Waals surface area contributed by atoms with E-state index < -0.39 is 0 Å². The van der Waals surface area contributed by atoms with Gasteiger partial charge in [0.05, 0.1) is 0 Å². The molecule has 0 spiro atoms. The molecule has 0 amide bonds. The zero-order chi connectivity index (χ0) is 11.3. The zero-order valence-corrected chi connectivity index (χ0v) is 10.9. The summed E-state index contributed by atoms with van der Waals surface area (Å²) in [7, 11) is 0. The first-order valence-electron chi connectivity index (χ1n) is 6.75. The Hall–Kier alpha value is -0.120. The number of nitrogens with zero attached hydrogens (tertiary/aromatic N) is 2. The van der Waals surface area contributed by atoms with Crippen LogP contribution in [-0.4, -0.2) is 60.1 Å². The molecule has 3 heterocycles. The van der Waals surface area contributed by atoms with E-state index in [1.807, 2.05) is 0 Å². The van der Waals surface area contributed by atoms with E-state index in [4.69, 9.17) is 0 Å². The molecule has 0 aliphatic carbocycles. The molecule has 0 radical (unpaired) electrons. The normalized spacial score (nSPS) is 36.9. The zero-order valence-electron chi connectivity index (χ0n) is 10.9. The maximum Gasteiger partial charge on any atom is 0.0244 e. The predicted molar refractivity (Wildman–Crippen MR) is 66.6 cm³/mol. The molecule has 0 aromatic heterocycles. The summed E-state index contributed by atoms with van der Waals surface area (Å²) in [6.45, 7) is 13.5. The fourth-order valence-corrected chi connectivity index (χ4v) is 3.60. The molecule has 0 aromatic rings. The lowest BCUT2D eigenvalue weighted by atomic mass is 10.0. The van der Waals surface area contributed by atoms with E-state index in [0.717, 1.165) is 18.0 Å². The molecule has 0 unspecified atom stereocenters. The number of rotatable bonds is 2. The summed E-state index contributed by atoms with van der Waals surface area (Å²) in [5.74, 6) is 0.933. The monoisotopic (exact) mass is 223 g/mol. The second kappa shape index (κ2) is 3.69. The molecular formula is C13H25N3. The van der Waals surface area contributed by atoms with Crippen molar-refractivity contribution < 1.29 is 0 Å². The van der Waals surface area contributed by atoms with Crippen molar-refractivity contribution in [2.45, 2.75) is 44.8 Å². The van der Waals surface area contributed by atoms with Gasteiger partial charge in [0, 0.05) is 50.3 Å². The second-order valence-corrected chi connectivity index (χ2v) is 6.84. The Morgan fingerprint density at radius 1 is 1.12 bits per heavy atom. The minimum Gasteiger partial charge on any atom is -0.316 e. The Balaban J connectivity index is 1.58. The number of likely N-dealkylation sites (tertiary alicyclic amines) is 2. The summed E-state index contributed by atoms with van der Waals surface area (Å²) in [5.41, 5.74) is 0.365. The van der Waals surface area contributed by atoms with E-state index in [2.05, 4.69) is 35.9 Å². The first-order chi connectivity index (χ1) is 7.54. The van der Waals surface area contributed by atoms with Gasteiger partial charge in [0.25, 0.3) is 0 Å². The summed E-state index contributed by atoms with van der Waals surface area (Å²) in [5, 5.41) is 3.38. The number of fused-ring (bicyclic) bond motifs is 2. The molecule has 1 N–H and O–H groups in total. The molecule has 2 bridgehead atoms. The summed E-state index contributed by atoms with van der Waals surface area (Å²) in [6.07, 6.45) is 1.41. The second-order valence-electron chi connectivity index (χ2n) is 6.84. The molecule has 0 saturated carbocycles. The third-order valence-electron chi connectivity index (χ3n) is 4.57. The Bertz CT molecular complexity index is 267. The highest BCUT2D eigenvalue weighted by molar-refractivity contribution is 5.03. The van der Waals surface area contributed by atoms with Crippen LogP contribution in [0, 0.1) is 5.92 Å². The predicted octanol–water partition coefficient (Wildman–Crippen LogP) is 0.763. The highest BCUT2D eigenvalue weighted by Gasteiger charge is 2.47. The fraction of sp³-hybridized carbons (Fsp3) is 1.00. The molecule has 3 fully saturated rings. The fourth-order valence-electron chi connectivity index (χ4n) is 3.60. The third kappa shape index (κ3) is 1.79. The van der Waals surface area contributed by atoms with E-state index in [9.17, 15) is 0 Å². The van der Waals surface area contributed by atoms with Crippen LogP contribution in [0.1, 0.15) is 27.2 Å². The average molecular weight is 223 g/mol. The average Bonchev–Trinajstić information content (AvgIpc) is 2.67. The van der Waals surface area contributed by atoms with E-state index in [1.165, 1.54) is 39.1 Å². The number of nitrogens with one attached hydrogen (secondary N) is 1. The molecule has 3 aliphatic rings. The first kappa shape index (κ1) is 11.0. The van der Waals surface area contributed by atoms with Gasteiger partial charge in [-0.15, -0.1) is 0 Å². The van der Waals surface area contributed by atoms with Crippen LogP contribution >= 0.6 is 0 Å². The van der Waals surface area contributed by atoms with Crippen molar-refractivity contribution in [1.29, 1.82) is 0 Å². The number of piperazine rings is 1. The third-order valence-corrected chi connectivity index (χ3v) is 4.57. The van der Waals surface area contributed by atoms with Gasteiger partial charge in [-0.3, -0.25) is 9.80 Å². The SMILES string of the molecule is CC(C)(C)N1C[C@@H]2C[C@H]1CN2CC1CNC1. The molecule has 3 rings (SSSR count). The maximum absolute atomic E-state index is 3.38. The Kier molecular flexibility index (Phi) is 2.54. The number of hydrogen-bond donors (Lipinski definition) is 1. The van der Waals surface area contributed by atoms with Crippen molar-refractivity contribution in [3.8, 4) is 0 Å². The van der Waals surface area contributed by atoms with Gasteiger partial charge in [-0.25, -0.2) is 0 Å². The van der Waals surface area contributed by atoms with Crippen LogP contribution < -0.4 is 5.32 Å². The lowest BCUT2D eigenvalue weighted by Gasteiger charge is -2.43. The van der Waals surface area contributed by atoms with Gasteiger partial charge >= 0.3 is 0 Å². The molecule has 2 atom stereocenters. The van der Waals surface area contributed by atoms with E-state index in [0.29, 0.717) is 5.54 Å². The van der Waals surface area contributed by atoms with Crippen LogP contribution in [0.25, 0.3) is 0 Å². The van der Waals surface area contributed by atoms with Gasteiger partial charge in [0.1, 0.15) is 0 Å². The molecule has 3 saturated heterocycles. The standard InChI is InChI=1S/C13H25N3/c1-13(2,3)16-9-11-4-12(16)8-15(11)7-10-5-14-6-10/h10-12,14H,4-9H2,1-3H3/t11-,12-/m0/s1. The molecule has 3 heteroatoms. The molecule has 92 valence electrons. The smallest absolute Gasteiger partial charge is 0.0244 e. The summed E-state index contributed by atoms with van der Waals surface area (Å²) >= 11 is 0.